The van der Waals surface area contributed by atoms with Gasteiger partial charge >= 0.3 is 5.97 Å². The van der Waals surface area contributed by atoms with E-state index in [1.54, 1.807) is 7.05 Å². The summed E-state index contributed by atoms with van der Waals surface area (Å²) in [5.41, 5.74) is -0.139. The van der Waals surface area contributed by atoms with Crippen LogP contribution in [0.2, 0.25) is 0 Å². The van der Waals surface area contributed by atoms with Gasteiger partial charge in [0.25, 0.3) is 0 Å². The van der Waals surface area contributed by atoms with Gasteiger partial charge in [0.1, 0.15) is 5.75 Å². The van der Waals surface area contributed by atoms with Gasteiger partial charge in [-0.15, -0.1) is 0 Å². The molecule has 1 N–H and O–H groups in total. The van der Waals surface area contributed by atoms with Crippen molar-refractivity contribution in [1.82, 2.24) is 4.90 Å². The summed E-state index contributed by atoms with van der Waals surface area (Å²) in [5, 5.41) is 8.93. The van der Waals surface area contributed by atoms with E-state index in [9.17, 15) is 18.0 Å². The van der Waals surface area contributed by atoms with Gasteiger partial charge in [-0.1, -0.05) is 0 Å². The number of carboxylic acid groups (broad SMARTS) is 1. The Bertz CT molecular complexity index is 697. The van der Waals surface area contributed by atoms with Crippen molar-refractivity contribution in [2.45, 2.75) is 23.8 Å². The zero-order valence-electron chi connectivity index (χ0n) is 11.2. The van der Waals surface area contributed by atoms with Crippen molar-refractivity contribution in [3.8, 4) is 0 Å². The number of hydrogen-bond acceptors (Lipinski definition) is 4. The Labute approximate surface area is 130 Å². The molecular formula is C13H14BrNO5S. The zero-order valence-corrected chi connectivity index (χ0v) is 13.6. The lowest BCUT2D eigenvalue weighted by molar-refractivity contribution is -0.127. The number of sulfone groups is 1. The number of nitrogens with zero attached hydrogens (tertiary/aromatic N) is 1. The third-order valence-electron chi connectivity index (χ3n) is 3.31. The molecule has 0 heterocycles. The largest absolute Gasteiger partial charge is 0.478 e. The fourth-order valence-corrected chi connectivity index (χ4v) is 4.22. The highest BCUT2D eigenvalue weighted by molar-refractivity contribution is 9.10. The molecule has 6 nitrogen and oxygen atoms in total. The zero-order chi connectivity index (χ0) is 15.8. The molecule has 0 radical (unpaired) electrons. The maximum atomic E-state index is 12.3. The second-order valence-corrected chi connectivity index (χ2v) is 7.76. The molecule has 1 amide bonds. The molecule has 0 aromatic heterocycles. The Balaban J connectivity index is 2.28. The smallest absolute Gasteiger partial charge is 0.335 e. The third kappa shape index (κ3) is 3.62. The van der Waals surface area contributed by atoms with E-state index in [2.05, 4.69) is 15.9 Å². The molecular weight excluding hydrogens is 362 g/mol. The fraction of sp³-hybridized carbons (Fsp3) is 0.385. The molecule has 0 saturated heterocycles. The first-order valence-corrected chi connectivity index (χ1v) is 8.68. The van der Waals surface area contributed by atoms with Gasteiger partial charge in [0, 0.05) is 17.6 Å². The highest BCUT2D eigenvalue weighted by atomic mass is 79.9. The van der Waals surface area contributed by atoms with Crippen molar-refractivity contribution in [2.75, 3.05) is 12.8 Å². The Morgan fingerprint density at radius 2 is 2.00 bits per heavy atom. The van der Waals surface area contributed by atoms with Crippen molar-refractivity contribution >= 4 is 37.6 Å². The number of halogens is 1. The minimum absolute atomic E-state index is 0.126. The van der Waals surface area contributed by atoms with Crippen LogP contribution in [0.4, 0.5) is 0 Å². The van der Waals surface area contributed by atoms with E-state index in [0.717, 1.165) is 18.9 Å². The minimum atomic E-state index is -3.90. The lowest BCUT2D eigenvalue weighted by atomic mass is 10.2. The van der Waals surface area contributed by atoms with Gasteiger partial charge < -0.3 is 10.0 Å². The van der Waals surface area contributed by atoms with Crippen LogP contribution in [-0.2, 0) is 14.6 Å². The molecule has 2 rings (SSSR count). The maximum absolute atomic E-state index is 12.3. The molecule has 1 aromatic rings. The topological polar surface area (TPSA) is 91.8 Å². The maximum Gasteiger partial charge on any atom is 0.335 e. The number of carbonyl (C=O) groups is 2. The van der Waals surface area contributed by atoms with E-state index in [-0.39, 0.29) is 21.0 Å². The second kappa shape index (κ2) is 5.76. The Morgan fingerprint density at radius 1 is 1.38 bits per heavy atom. The van der Waals surface area contributed by atoms with Crippen LogP contribution in [-0.4, -0.2) is 49.1 Å². The van der Waals surface area contributed by atoms with Crippen LogP contribution in [0, 0.1) is 0 Å². The highest BCUT2D eigenvalue weighted by Crippen LogP contribution is 2.27. The summed E-state index contributed by atoms with van der Waals surface area (Å²) in [6.07, 6.45) is 1.78. The van der Waals surface area contributed by atoms with Gasteiger partial charge in [-0.05, 0) is 47.0 Å². The average molecular weight is 376 g/mol. The van der Waals surface area contributed by atoms with Crippen LogP contribution >= 0.6 is 15.9 Å². The molecule has 0 atom stereocenters. The number of carbonyl (C=O) groups excluding carboxylic acids is 1. The van der Waals surface area contributed by atoms with Crippen LogP contribution in [0.15, 0.2) is 27.6 Å². The summed E-state index contributed by atoms with van der Waals surface area (Å²) < 4.78 is 24.9. The van der Waals surface area contributed by atoms with Gasteiger partial charge in [-0.25, -0.2) is 13.2 Å². The van der Waals surface area contributed by atoms with E-state index >= 15 is 0 Å². The first kappa shape index (κ1) is 16.0. The van der Waals surface area contributed by atoms with E-state index in [0.29, 0.717) is 0 Å². The summed E-state index contributed by atoms with van der Waals surface area (Å²) in [4.78, 5) is 24.1. The number of benzene rings is 1. The number of carboxylic acids is 1. The standard InChI is InChI=1S/C13H14BrNO5S/c1-15(9-3-4-9)12(16)7-21(19,20)11-6-8(13(17)18)2-5-10(11)14/h2,5-6,9H,3-4,7H2,1H3,(H,17,18). The molecule has 1 saturated carbocycles. The van der Waals surface area contributed by atoms with Gasteiger partial charge in [-0.3, -0.25) is 4.79 Å². The molecule has 1 fully saturated rings. The molecule has 0 aliphatic heterocycles. The Kier molecular flexibility index (Phi) is 4.38. The summed E-state index contributed by atoms with van der Waals surface area (Å²) in [7, 11) is -2.32. The summed E-state index contributed by atoms with van der Waals surface area (Å²) in [6, 6.07) is 3.84. The van der Waals surface area contributed by atoms with E-state index in [1.165, 1.54) is 17.0 Å². The normalized spacial score (nSPS) is 14.8. The van der Waals surface area contributed by atoms with E-state index in [1.807, 2.05) is 0 Å². The molecule has 8 heteroatoms. The molecule has 1 aliphatic rings. The molecule has 0 bridgehead atoms. The van der Waals surface area contributed by atoms with Crippen molar-refractivity contribution in [2.24, 2.45) is 0 Å². The van der Waals surface area contributed by atoms with Crippen LogP contribution < -0.4 is 0 Å². The first-order chi connectivity index (χ1) is 9.72. The van der Waals surface area contributed by atoms with E-state index < -0.39 is 27.5 Å². The molecule has 1 aromatic carbocycles. The lowest BCUT2D eigenvalue weighted by Crippen LogP contribution is -2.34. The minimum Gasteiger partial charge on any atom is -0.478 e. The second-order valence-electron chi connectivity index (χ2n) is 4.95. The summed E-state index contributed by atoms with van der Waals surface area (Å²) in [5.74, 6) is -2.37. The number of amides is 1. The Hall–Kier alpha value is -1.41. The first-order valence-electron chi connectivity index (χ1n) is 6.23. The Morgan fingerprint density at radius 3 is 2.52 bits per heavy atom. The van der Waals surface area contributed by atoms with Crippen LogP contribution in [0.3, 0.4) is 0 Å². The molecule has 21 heavy (non-hydrogen) atoms. The SMILES string of the molecule is CN(C(=O)CS(=O)(=O)c1cc(C(=O)O)ccc1Br)C1CC1. The van der Waals surface area contributed by atoms with Gasteiger partial charge in [0.2, 0.25) is 5.91 Å². The van der Waals surface area contributed by atoms with E-state index in [4.69, 9.17) is 5.11 Å². The number of rotatable bonds is 5. The van der Waals surface area contributed by atoms with Crippen molar-refractivity contribution in [3.63, 3.8) is 0 Å². The van der Waals surface area contributed by atoms with Crippen molar-refractivity contribution < 1.29 is 23.1 Å². The highest BCUT2D eigenvalue weighted by Gasteiger charge is 2.32. The van der Waals surface area contributed by atoms with Crippen LogP contribution in [0.5, 0.6) is 0 Å². The van der Waals surface area contributed by atoms with Crippen molar-refractivity contribution in [1.29, 1.82) is 0 Å². The number of aromatic carboxylic acids is 1. The molecule has 0 spiro atoms. The van der Waals surface area contributed by atoms with Gasteiger partial charge in [-0.2, -0.15) is 0 Å². The quantitative estimate of drug-likeness (QED) is 0.842. The third-order valence-corrected chi connectivity index (χ3v) is 5.90. The molecule has 0 unspecified atom stereocenters. The van der Waals surface area contributed by atoms with Crippen LogP contribution in [0.1, 0.15) is 23.2 Å². The lowest BCUT2D eigenvalue weighted by Gasteiger charge is -2.16. The van der Waals surface area contributed by atoms with Crippen LogP contribution in [0.25, 0.3) is 0 Å². The fourth-order valence-electron chi connectivity index (χ4n) is 1.88. The number of hydrogen-bond donors (Lipinski definition) is 1. The molecule has 1 aliphatic carbocycles. The van der Waals surface area contributed by atoms with Crippen molar-refractivity contribution in [3.05, 3.63) is 28.2 Å². The predicted octanol–water partition coefficient (Wildman–Crippen LogP) is 1.54. The average Bonchev–Trinajstić information content (AvgIpc) is 3.21. The monoisotopic (exact) mass is 375 g/mol. The van der Waals surface area contributed by atoms with Gasteiger partial charge in [0.05, 0.1) is 10.5 Å². The predicted molar refractivity (Wildman–Crippen MR) is 78.9 cm³/mol. The van der Waals surface area contributed by atoms with Gasteiger partial charge in [0.15, 0.2) is 9.84 Å². The summed E-state index contributed by atoms with van der Waals surface area (Å²) in [6.45, 7) is 0. The molecule has 114 valence electrons. The summed E-state index contributed by atoms with van der Waals surface area (Å²) >= 11 is 3.09.